The third kappa shape index (κ3) is 2.23. The molecule has 0 atom stereocenters. The van der Waals surface area contributed by atoms with E-state index in [1.807, 2.05) is 25.1 Å². The first kappa shape index (κ1) is 10.3. The van der Waals surface area contributed by atoms with Crippen LogP contribution in [0.5, 0.6) is 5.75 Å². The van der Waals surface area contributed by atoms with Gasteiger partial charge in [-0.05, 0) is 37.5 Å². The van der Waals surface area contributed by atoms with Gasteiger partial charge in [0.15, 0.2) is 0 Å². The number of aryl methyl sites for hydroxylation is 1. The number of rotatable bonds is 2. The Morgan fingerprint density at radius 2 is 2.14 bits per heavy atom. The molecule has 0 N–H and O–H groups in total. The quantitative estimate of drug-likeness (QED) is 0.743. The molecule has 0 aliphatic heterocycles. The van der Waals surface area contributed by atoms with Crippen LogP contribution in [-0.4, -0.2) is 10.9 Å². The van der Waals surface area contributed by atoms with Crippen LogP contribution in [0, 0.1) is 6.92 Å². The van der Waals surface area contributed by atoms with Gasteiger partial charge >= 0.3 is 0 Å². The molecule has 14 heavy (non-hydrogen) atoms. The van der Waals surface area contributed by atoms with Gasteiger partial charge in [-0.1, -0.05) is 33.6 Å². The molecule has 1 nitrogen and oxygen atoms in total. The highest BCUT2D eigenvalue weighted by Crippen LogP contribution is 2.34. The fraction of sp³-hybridized carbons (Fsp3) is 0.455. The maximum Gasteiger partial charge on any atom is 0.138 e. The summed E-state index contributed by atoms with van der Waals surface area (Å²) in [7, 11) is 0. The fourth-order valence-electron chi connectivity index (χ4n) is 1.48. The van der Waals surface area contributed by atoms with E-state index in [4.69, 9.17) is 16.3 Å². The van der Waals surface area contributed by atoms with Crippen LogP contribution in [-0.2, 0) is 0 Å². The van der Waals surface area contributed by atoms with E-state index in [0.29, 0.717) is 16.0 Å². The molecule has 76 valence electrons. The maximum atomic E-state index is 6.05. The van der Waals surface area contributed by atoms with Gasteiger partial charge in [0.25, 0.3) is 0 Å². The Morgan fingerprint density at radius 3 is 2.71 bits per heavy atom. The van der Waals surface area contributed by atoms with Crippen molar-refractivity contribution < 1.29 is 4.74 Å². The average molecular weight is 276 g/mol. The van der Waals surface area contributed by atoms with Gasteiger partial charge in [0.05, 0.1) is 5.02 Å². The second-order valence-electron chi connectivity index (χ2n) is 3.74. The first-order chi connectivity index (χ1) is 6.65. The zero-order valence-electron chi connectivity index (χ0n) is 7.97. The molecule has 1 aliphatic rings. The van der Waals surface area contributed by atoms with Gasteiger partial charge in [0.1, 0.15) is 11.9 Å². The standard InChI is InChI=1S/C11H12BrClO/c1-7-2-3-11(10(13)4-7)14-9-5-8(12)6-9/h2-4,8-9H,5-6H2,1H3. The second kappa shape index (κ2) is 4.11. The summed E-state index contributed by atoms with van der Waals surface area (Å²) in [4.78, 5) is 0.622. The summed E-state index contributed by atoms with van der Waals surface area (Å²) < 4.78 is 5.74. The summed E-state index contributed by atoms with van der Waals surface area (Å²) in [5, 5.41) is 0.711. The van der Waals surface area contributed by atoms with E-state index < -0.39 is 0 Å². The number of ether oxygens (including phenoxy) is 1. The van der Waals surface area contributed by atoms with Crippen LogP contribution in [0.15, 0.2) is 18.2 Å². The van der Waals surface area contributed by atoms with Crippen molar-refractivity contribution in [1.29, 1.82) is 0 Å². The summed E-state index contributed by atoms with van der Waals surface area (Å²) in [5.41, 5.74) is 1.16. The summed E-state index contributed by atoms with van der Waals surface area (Å²) in [6.07, 6.45) is 2.48. The van der Waals surface area contributed by atoms with E-state index in [-0.39, 0.29) is 0 Å². The van der Waals surface area contributed by atoms with Gasteiger partial charge in [-0.2, -0.15) is 0 Å². The van der Waals surface area contributed by atoms with Gasteiger partial charge in [0, 0.05) is 4.83 Å². The Bertz CT molecular complexity index is 334. The fourth-order valence-corrected chi connectivity index (χ4v) is 2.59. The molecular weight excluding hydrogens is 263 g/mol. The molecule has 2 rings (SSSR count). The number of hydrogen-bond acceptors (Lipinski definition) is 1. The van der Waals surface area contributed by atoms with Crippen LogP contribution < -0.4 is 4.74 Å². The number of benzene rings is 1. The number of hydrogen-bond donors (Lipinski definition) is 0. The lowest BCUT2D eigenvalue weighted by atomic mass is 9.96. The van der Waals surface area contributed by atoms with E-state index in [2.05, 4.69) is 15.9 Å². The number of alkyl halides is 1. The third-order valence-corrected chi connectivity index (χ3v) is 3.46. The van der Waals surface area contributed by atoms with Crippen LogP contribution in [0.4, 0.5) is 0 Å². The van der Waals surface area contributed by atoms with Gasteiger partial charge < -0.3 is 4.74 Å². The molecule has 0 radical (unpaired) electrons. The van der Waals surface area contributed by atoms with Gasteiger partial charge in [-0.15, -0.1) is 0 Å². The Labute approximate surface area is 97.5 Å². The third-order valence-electron chi connectivity index (χ3n) is 2.42. The highest BCUT2D eigenvalue weighted by molar-refractivity contribution is 9.09. The molecule has 0 amide bonds. The molecule has 3 heteroatoms. The van der Waals surface area contributed by atoms with Crippen molar-refractivity contribution in [3.8, 4) is 5.75 Å². The monoisotopic (exact) mass is 274 g/mol. The highest BCUT2D eigenvalue weighted by Gasteiger charge is 2.28. The molecular formula is C11H12BrClO. The zero-order chi connectivity index (χ0) is 10.1. The summed E-state index contributed by atoms with van der Waals surface area (Å²) in [6, 6.07) is 5.89. The largest absolute Gasteiger partial charge is 0.489 e. The van der Waals surface area contributed by atoms with Crippen molar-refractivity contribution in [1.82, 2.24) is 0 Å². The Balaban J connectivity index is 2.02. The predicted molar refractivity (Wildman–Crippen MR) is 62.6 cm³/mol. The smallest absolute Gasteiger partial charge is 0.138 e. The Hall–Kier alpha value is -0.210. The van der Waals surface area contributed by atoms with Crippen LogP contribution in [0.2, 0.25) is 5.02 Å². The minimum Gasteiger partial charge on any atom is -0.489 e. The molecule has 1 fully saturated rings. The molecule has 1 aliphatic carbocycles. The topological polar surface area (TPSA) is 9.23 Å². The molecule has 0 saturated heterocycles. The van der Waals surface area contributed by atoms with Gasteiger partial charge in [-0.25, -0.2) is 0 Å². The van der Waals surface area contributed by atoms with Gasteiger partial charge in [-0.3, -0.25) is 0 Å². The average Bonchev–Trinajstić information content (AvgIpc) is 2.06. The van der Waals surface area contributed by atoms with Crippen LogP contribution in [0.3, 0.4) is 0 Å². The summed E-state index contributed by atoms with van der Waals surface area (Å²) >= 11 is 9.59. The first-order valence-corrected chi connectivity index (χ1v) is 6.01. The van der Waals surface area contributed by atoms with Crippen molar-refractivity contribution in [3.63, 3.8) is 0 Å². The van der Waals surface area contributed by atoms with Crippen molar-refractivity contribution in [2.45, 2.75) is 30.7 Å². The summed E-state index contributed by atoms with van der Waals surface area (Å²) in [5.74, 6) is 0.807. The lowest BCUT2D eigenvalue weighted by Crippen LogP contribution is -2.34. The van der Waals surface area contributed by atoms with Crippen molar-refractivity contribution in [2.24, 2.45) is 0 Å². The molecule has 0 unspecified atom stereocenters. The molecule has 0 bridgehead atoms. The van der Waals surface area contributed by atoms with Crippen molar-refractivity contribution in [3.05, 3.63) is 28.8 Å². The van der Waals surface area contributed by atoms with E-state index in [1.54, 1.807) is 0 Å². The second-order valence-corrected chi connectivity index (χ2v) is 5.44. The van der Waals surface area contributed by atoms with Crippen LogP contribution in [0.25, 0.3) is 0 Å². The molecule has 0 spiro atoms. The Morgan fingerprint density at radius 1 is 1.43 bits per heavy atom. The molecule has 0 heterocycles. The maximum absolute atomic E-state index is 6.05. The lowest BCUT2D eigenvalue weighted by molar-refractivity contribution is 0.128. The van der Waals surface area contributed by atoms with Gasteiger partial charge in [0.2, 0.25) is 0 Å². The first-order valence-electron chi connectivity index (χ1n) is 4.72. The van der Waals surface area contributed by atoms with Crippen LogP contribution >= 0.6 is 27.5 Å². The van der Waals surface area contributed by atoms with Crippen LogP contribution in [0.1, 0.15) is 18.4 Å². The van der Waals surface area contributed by atoms with Crippen molar-refractivity contribution >= 4 is 27.5 Å². The lowest BCUT2D eigenvalue weighted by Gasteiger charge is -2.31. The molecule has 0 aromatic heterocycles. The zero-order valence-corrected chi connectivity index (χ0v) is 10.3. The molecule has 1 saturated carbocycles. The van der Waals surface area contributed by atoms with Crippen molar-refractivity contribution in [2.75, 3.05) is 0 Å². The van der Waals surface area contributed by atoms with E-state index in [1.165, 1.54) is 0 Å². The Kier molecular flexibility index (Phi) is 3.03. The predicted octanol–water partition coefficient (Wildman–Crippen LogP) is 3.95. The van der Waals surface area contributed by atoms with E-state index >= 15 is 0 Å². The van der Waals surface area contributed by atoms with E-state index in [9.17, 15) is 0 Å². The highest BCUT2D eigenvalue weighted by atomic mass is 79.9. The summed E-state index contributed by atoms with van der Waals surface area (Å²) in [6.45, 7) is 2.02. The minimum absolute atomic E-state index is 0.333. The minimum atomic E-state index is 0.333. The molecule has 1 aromatic carbocycles. The normalized spacial score (nSPS) is 25.6. The van der Waals surface area contributed by atoms with E-state index in [0.717, 1.165) is 24.2 Å². The number of halogens is 2. The SMILES string of the molecule is Cc1ccc(OC2CC(Br)C2)c(Cl)c1. The molecule has 1 aromatic rings.